The molecule has 0 radical (unpaired) electrons. The fourth-order valence-corrected chi connectivity index (χ4v) is 2.32. The number of hydrogen-bond acceptors (Lipinski definition) is 3. The largest absolute Gasteiger partial charge is 0.351 e. The van der Waals surface area contributed by atoms with E-state index in [1.54, 1.807) is 30.5 Å². The Morgan fingerprint density at radius 2 is 2.10 bits per heavy atom. The van der Waals surface area contributed by atoms with E-state index in [4.69, 9.17) is 0 Å². The molecule has 2 N–H and O–H groups in total. The highest BCUT2D eigenvalue weighted by molar-refractivity contribution is 7.08. The van der Waals surface area contributed by atoms with Crippen molar-refractivity contribution in [3.63, 3.8) is 0 Å². The molecule has 1 aromatic carbocycles. The number of anilines is 1. The molecule has 0 aliphatic heterocycles. The number of halogens is 1. The first-order valence-electron chi connectivity index (χ1n) is 6.42. The van der Waals surface area contributed by atoms with Crippen LogP contribution in [0.4, 0.5) is 10.1 Å². The number of benzene rings is 1. The summed E-state index contributed by atoms with van der Waals surface area (Å²) in [5.74, 6) is -0.840. The molecule has 1 heterocycles. The molecule has 0 saturated carbocycles. The molecule has 6 heteroatoms. The lowest BCUT2D eigenvalue weighted by molar-refractivity contribution is -0.116. The van der Waals surface area contributed by atoms with Crippen LogP contribution >= 0.6 is 11.3 Å². The van der Waals surface area contributed by atoms with Crippen molar-refractivity contribution in [3.8, 4) is 0 Å². The third-order valence-electron chi connectivity index (χ3n) is 2.88. The van der Waals surface area contributed by atoms with Gasteiger partial charge in [-0.1, -0.05) is 6.07 Å². The second-order valence-electron chi connectivity index (χ2n) is 4.53. The summed E-state index contributed by atoms with van der Waals surface area (Å²) < 4.78 is 13.3. The van der Waals surface area contributed by atoms with Gasteiger partial charge in [0.1, 0.15) is 5.82 Å². The highest BCUT2D eigenvalue weighted by Crippen LogP contribution is 2.13. The second-order valence-corrected chi connectivity index (χ2v) is 5.31. The fraction of sp³-hybridized carbons (Fsp3) is 0.200. The number of hydrogen-bond donors (Lipinski definition) is 2. The molecule has 0 fully saturated rings. The van der Waals surface area contributed by atoms with Crippen LogP contribution < -0.4 is 10.6 Å². The van der Waals surface area contributed by atoms with Crippen molar-refractivity contribution >= 4 is 28.8 Å². The SMILES string of the molecule is Cc1ccc(NC(=O)CCNC(=O)c2ccsc2)cc1F. The number of rotatable bonds is 5. The van der Waals surface area contributed by atoms with E-state index in [1.165, 1.54) is 17.4 Å². The van der Waals surface area contributed by atoms with Crippen molar-refractivity contribution in [2.24, 2.45) is 0 Å². The summed E-state index contributed by atoms with van der Waals surface area (Å²) in [5.41, 5.74) is 1.52. The van der Waals surface area contributed by atoms with E-state index in [9.17, 15) is 14.0 Å². The van der Waals surface area contributed by atoms with Crippen molar-refractivity contribution in [3.05, 3.63) is 52.0 Å². The predicted molar refractivity (Wildman–Crippen MR) is 81.0 cm³/mol. The van der Waals surface area contributed by atoms with Crippen LogP contribution in [0.1, 0.15) is 22.3 Å². The molecule has 4 nitrogen and oxygen atoms in total. The first-order chi connectivity index (χ1) is 10.1. The standard InChI is InChI=1S/C15H15FN2O2S/c1-10-2-3-12(8-13(10)16)18-14(19)4-6-17-15(20)11-5-7-21-9-11/h2-3,5,7-9H,4,6H2,1H3,(H,17,20)(H,18,19). The lowest BCUT2D eigenvalue weighted by Crippen LogP contribution is -2.27. The zero-order valence-electron chi connectivity index (χ0n) is 11.5. The number of carbonyl (C=O) groups excluding carboxylic acids is 2. The molecule has 2 amide bonds. The van der Waals surface area contributed by atoms with Gasteiger partial charge in [0, 0.05) is 29.6 Å². The number of amides is 2. The van der Waals surface area contributed by atoms with Gasteiger partial charge in [0.15, 0.2) is 0 Å². The highest BCUT2D eigenvalue weighted by Gasteiger charge is 2.07. The van der Waals surface area contributed by atoms with Crippen molar-refractivity contribution in [1.29, 1.82) is 0 Å². The van der Waals surface area contributed by atoms with Crippen LogP contribution in [0.25, 0.3) is 0 Å². The predicted octanol–water partition coefficient (Wildman–Crippen LogP) is 2.95. The van der Waals surface area contributed by atoms with Crippen LogP contribution in [0, 0.1) is 12.7 Å². The summed E-state index contributed by atoms with van der Waals surface area (Å²) in [6.07, 6.45) is 0.130. The van der Waals surface area contributed by atoms with Crippen LogP contribution in [0.2, 0.25) is 0 Å². The molecular formula is C15H15FN2O2S. The van der Waals surface area contributed by atoms with E-state index in [1.807, 2.05) is 5.38 Å². The minimum absolute atomic E-state index is 0.130. The average Bonchev–Trinajstić information content (AvgIpc) is 2.97. The maximum atomic E-state index is 13.3. The minimum atomic E-state index is -0.362. The smallest absolute Gasteiger partial charge is 0.252 e. The van der Waals surface area contributed by atoms with Crippen LogP contribution in [0.3, 0.4) is 0 Å². The Morgan fingerprint density at radius 3 is 2.76 bits per heavy atom. The summed E-state index contributed by atoms with van der Waals surface area (Å²) in [6.45, 7) is 1.88. The molecule has 1 aromatic heterocycles. The molecule has 0 spiro atoms. The van der Waals surface area contributed by atoms with Crippen molar-refractivity contribution < 1.29 is 14.0 Å². The summed E-state index contributed by atoms with van der Waals surface area (Å²) in [4.78, 5) is 23.3. The van der Waals surface area contributed by atoms with Gasteiger partial charge in [-0.2, -0.15) is 11.3 Å². The van der Waals surface area contributed by atoms with Gasteiger partial charge in [-0.05, 0) is 36.1 Å². The van der Waals surface area contributed by atoms with Gasteiger partial charge < -0.3 is 10.6 Å². The topological polar surface area (TPSA) is 58.2 Å². The lowest BCUT2D eigenvalue weighted by Gasteiger charge is -2.07. The summed E-state index contributed by atoms with van der Waals surface area (Å²) in [5, 5.41) is 8.80. The fourth-order valence-electron chi connectivity index (χ4n) is 1.68. The van der Waals surface area contributed by atoms with Gasteiger partial charge in [0.05, 0.1) is 0 Å². The number of thiophene rings is 1. The first-order valence-corrected chi connectivity index (χ1v) is 7.37. The third kappa shape index (κ3) is 4.39. The Bertz CT molecular complexity index is 641. The molecule has 0 saturated heterocycles. The Kier molecular flexibility index (Phi) is 5.05. The number of nitrogens with one attached hydrogen (secondary N) is 2. The molecule has 0 aliphatic carbocycles. The molecule has 2 aromatic rings. The van der Waals surface area contributed by atoms with Crippen molar-refractivity contribution in [2.75, 3.05) is 11.9 Å². The van der Waals surface area contributed by atoms with Crippen molar-refractivity contribution in [2.45, 2.75) is 13.3 Å². The Balaban J connectivity index is 1.77. The van der Waals surface area contributed by atoms with Gasteiger partial charge in [-0.25, -0.2) is 4.39 Å². The molecule has 2 rings (SSSR count). The molecule has 110 valence electrons. The zero-order valence-corrected chi connectivity index (χ0v) is 12.3. The van der Waals surface area contributed by atoms with Gasteiger partial charge in [0.2, 0.25) is 5.91 Å². The average molecular weight is 306 g/mol. The van der Waals surface area contributed by atoms with E-state index in [2.05, 4.69) is 10.6 Å². The second kappa shape index (κ2) is 6.99. The molecular weight excluding hydrogens is 291 g/mol. The Morgan fingerprint density at radius 1 is 1.29 bits per heavy atom. The first kappa shape index (κ1) is 15.2. The molecule has 21 heavy (non-hydrogen) atoms. The Hall–Kier alpha value is -2.21. The molecule has 0 aliphatic rings. The van der Waals surface area contributed by atoms with E-state index >= 15 is 0 Å². The van der Waals surface area contributed by atoms with Gasteiger partial charge >= 0.3 is 0 Å². The van der Waals surface area contributed by atoms with E-state index < -0.39 is 0 Å². The summed E-state index contributed by atoms with van der Waals surface area (Å²) in [6, 6.07) is 6.23. The number of aryl methyl sites for hydroxylation is 1. The van der Waals surface area contributed by atoms with Crippen LogP contribution in [0.5, 0.6) is 0 Å². The quantitative estimate of drug-likeness (QED) is 0.892. The van der Waals surface area contributed by atoms with E-state index in [-0.39, 0.29) is 30.6 Å². The van der Waals surface area contributed by atoms with Gasteiger partial charge in [-0.15, -0.1) is 0 Å². The van der Waals surface area contributed by atoms with Crippen LogP contribution in [-0.4, -0.2) is 18.4 Å². The number of carbonyl (C=O) groups is 2. The van der Waals surface area contributed by atoms with Crippen LogP contribution in [0.15, 0.2) is 35.0 Å². The van der Waals surface area contributed by atoms with Crippen molar-refractivity contribution in [1.82, 2.24) is 5.32 Å². The van der Waals surface area contributed by atoms with Crippen LogP contribution in [-0.2, 0) is 4.79 Å². The Labute approximate surface area is 126 Å². The summed E-state index contributed by atoms with van der Waals surface area (Å²) >= 11 is 1.44. The highest BCUT2D eigenvalue weighted by atomic mass is 32.1. The molecule has 0 atom stereocenters. The van der Waals surface area contributed by atoms with Gasteiger partial charge in [-0.3, -0.25) is 9.59 Å². The molecule has 0 bridgehead atoms. The monoisotopic (exact) mass is 306 g/mol. The van der Waals surface area contributed by atoms with E-state index in [0.717, 1.165) is 0 Å². The maximum absolute atomic E-state index is 13.3. The maximum Gasteiger partial charge on any atom is 0.252 e. The zero-order chi connectivity index (χ0) is 15.2. The third-order valence-corrected chi connectivity index (χ3v) is 3.56. The molecule has 0 unspecified atom stereocenters. The summed E-state index contributed by atoms with van der Waals surface area (Å²) in [7, 11) is 0. The minimum Gasteiger partial charge on any atom is -0.351 e. The lowest BCUT2D eigenvalue weighted by atomic mass is 10.2. The normalized spacial score (nSPS) is 10.2. The van der Waals surface area contributed by atoms with Gasteiger partial charge in [0.25, 0.3) is 5.91 Å². The van der Waals surface area contributed by atoms with E-state index in [0.29, 0.717) is 16.8 Å².